The number of urea groups is 1. The van der Waals surface area contributed by atoms with E-state index >= 15 is 0 Å². The molecule has 3 amide bonds. The zero-order chi connectivity index (χ0) is 17.8. The number of hydrogen-bond acceptors (Lipinski definition) is 2. The molecule has 1 aliphatic heterocycles. The summed E-state index contributed by atoms with van der Waals surface area (Å²) in [6, 6.07) is 15.3. The van der Waals surface area contributed by atoms with Crippen molar-refractivity contribution in [1.82, 2.24) is 10.2 Å². The Kier molecular flexibility index (Phi) is 5.03. The molecule has 0 unspecified atom stereocenters. The number of carbonyl (C=O) groups excluding carboxylic acids is 2. The Hall–Kier alpha value is -2.82. The lowest BCUT2D eigenvalue weighted by Gasteiger charge is -2.36. The summed E-state index contributed by atoms with van der Waals surface area (Å²) in [4.78, 5) is 28.2. The van der Waals surface area contributed by atoms with Crippen LogP contribution in [0.25, 0.3) is 0 Å². The van der Waals surface area contributed by atoms with Gasteiger partial charge in [0, 0.05) is 37.9 Å². The van der Waals surface area contributed by atoms with Crippen molar-refractivity contribution < 1.29 is 9.59 Å². The Morgan fingerprint density at radius 1 is 1.08 bits per heavy atom. The smallest absolute Gasteiger partial charge is 0.324 e. The van der Waals surface area contributed by atoms with Crippen LogP contribution in [0.4, 0.5) is 10.5 Å². The summed E-state index contributed by atoms with van der Waals surface area (Å²) in [7, 11) is 1.61. The first-order valence-corrected chi connectivity index (χ1v) is 8.53. The third kappa shape index (κ3) is 3.65. The second-order valence-electron chi connectivity index (χ2n) is 6.26. The summed E-state index contributed by atoms with van der Waals surface area (Å²) < 4.78 is 0. The fourth-order valence-corrected chi connectivity index (χ4v) is 3.10. The van der Waals surface area contributed by atoms with Gasteiger partial charge in [0.15, 0.2) is 0 Å². The number of aryl methyl sites for hydroxylation is 1. The molecule has 0 atom stereocenters. The van der Waals surface area contributed by atoms with Crippen molar-refractivity contribution in [3.63, 3.8) is 0 Å². The molecule has 0 aromatic heterocycles. The molecule has 1 N–H and O–H groups in total. The predicted molar refractivity (Wildman–Crippen MR) is 98.8 cm³/mol. The van der Waals surface area contributed by atoms with Crippen molar-refractivity contribution in [1.29, 1.82) is 0 Å². The summed E-state index contributed by atoms with van der Waals surface area (Å²) in [5.74, 6) is -0.127. The second-order valence-corrected chi connectivity index (χ2v) is 6.26. The molecule has 2 aromatic carbocycles. The van der Waals surface area contributed by atoms with Crippen molar-refractivity contribution in [2.45, 2.75) is 19.9 Å². The van der Waals surface area contributed by atoms with E-state index in [9.17, 15) is 9.59 Å². The van der Waals surface area contributed by atoms with Gasteiger partial charge in [0.2, 0.25) is 0 Å². The zero-order valence-electron chi connectivity index (χ0n) is 14.7. The van der Waals surface area contributed by atoms with Crippen LogP contribution in [-0.4, -0.2) is 37.0 Å². The summed E-state index contributed by atoms with van der Waals surface area (Å²) in [5.41, 5.74) is 3.79. The van der Waals surface area contributed by atoms with Crippen molar-refractivity contribution >= 4 is 17.6 Å². The van der Waals surface area contributed by atoms with Crippen LogP contribution >= 0.6 is 0 Å². The van der Waals surface area contributed by atoms with Gasteiger partial charge in [-0.25, -0.2) is 4.79 Å². The molecule has 1 saturated heterocycles. The molecular weight excluding hydrogens is 314 g/mol. The van der Waals surface area contributed by atoms with Crippen LogP contribution in [0.1, 0.15) is 27.9 Å². The molecule has 1 aliphatic rings. The molecule has 0 radical (unpaired) electrons. The van der Waals surface area contributed by atoms with Crippen LogP contribution in [0.15, 0.2) is 48.5 Å². The van der Waals surface area contributed by atoms with Crippen LogP contribution in [0.2, 0.25) is 0 Å². The Labute approximate surface area is 148 Å². The highest BCUT2D eigenvalue weighted by Crippen LogP contribution is 2.22. The van der Waals surface area contributed by atoms with E-state index in [0.29, 0.717) is 18.7 Å². The average Bonchev–Trinajstić information content (AvgIpc) is 2.65. The van der Waals surface area contributed by atoms with Crippen LogP contribution in [-0.2, 0) is 6.54 Å². The quantitative estimate of drug-likeness (QED) is 0.931. The first-order chi connectivity index (χ1) is 12.1. The molecule has 1 fully saturated rings. The number of nitrogens with one attached hydrogen (secondary N) is 1. The number of rotatable bonds is 4. The maximum Gasteiger partial charge on any atom is 0.324 e. The largest absolute Gasteiger partial charge is 0.355 e. The van der Waals surface area contributed by atoms with Crippen LogP contribution in [0, 0.1) is 6.92 Å². The van der Waals surface area contributed by atoms with Crippen molar-refractivity contribution in [3.8, 4) is 0 Å². The average molecular weight is 337 g/mol. The molecule has 25 heavy (non-hydrogen) atoms. The Bertz CT molecular complexity index is 771. The lowest BCUT2D eigenvalue weighted by molar-refractivity contribution is 0.0963. The first kappa shape index (κ1) is 17.0. The first-order valence-electron chi connectivity index (χ1n) is 8.53. The third-order valence-electron chi connectivity index (χ3n) is 4.60. The van der Waals surface area contributed by atoms with Crippen molar-refractivity contribution in [2.75, 3.05) is 25.0 Å². The van der Waals surface area contributed by atoms with Crippen LogP contribution in [0.3, 0.4) is 0 Å². The molecule has 3 rings (SSSR count). The lowest BCUT2D eigenvalue weighted by Crippen LogP contribution is -2.49. The number of hydrogen-bond donors (Lipinski definition) is 1. The highest BCUT2D eigenvalue weighted by Gasteiger charge is 2.27. The van der Waals surface area contributed by atoms with Gasteiger partial charge in [0.1, 0.15) is 0 Å². The minimum atomic E-state index is -0.127. The fourth-order valence-electron chi connectivity index (χ4n) is 3.10. The Morgan fingerprint density at radius 2 is 1.80 bits per heavy atom. The molecule has 1 heterocycles. The molecular formula is C20H23N3O2. The fraction of sp³-hybridized carbons (Fsp3) is 0.300. The minimum absolute atomic E-state index is 0.0159. The summed E-state index contributed by atoms with van der Waals surface area (Å²) in [5, 5.41) is 2.60. The second kappa shape index (κ2) is 7.38. The van der Waals surface area contributed by atoms with Gasteiger partial charge in [-0.3, -0.25) is 9.69 Å². The molecule has 130 valence electrons. The number of benzene rings is 2. The lowest BCUT2D eigenvalue weighted by atomic mass is 10.1. The van der Waals surface area contributed by atoms with Gasteiger partial charge in [-0.15, -0.1) is 0 Å². The summed E-state index contributed by atoms with van der Waals surface area (Å²) in [6.45, 7) is 4.15. The van der Waals surface area contributed by atoms with Gasteiger partial charge in [-0.1, -0.05) is 24.3 Å². The van der Waals surface area contributed by atoms with Gasteiger partial charge >= 0.3 is 6.03 Å². The molecule has 2 aromatic rings. The number of nitrogens with zero attached hydrogens (tertiary/aromatic N) is 2. The van der Waals surface area contributed by atoms with E-state index in [2.05, 4.69) is 24.4 Å². The summed E-state index contributed by atoms with van der Waals surface area (Å²) in [6.07, 6.45) is 0.925. The maximum atomic E-state index is 12.9. The SMILES string of the molecule is CNC(=O)c1ccc(N2CCCN(Cc3ccccc3C)C2=O)cc1. The topological polar surface area (TPSA) is 52.7 Å². The third-order valence-corrected chi connectivity index (χ3v) is 4.60. The van der Waals surface area contributed by atoms with Crippen molar-refractivity contribution in [3.05, 3.63) is 65.2 Å². The van der Waals surface area contributed by atoms with E-state index < -0.39 is 0 Å². The Balaban J connectivity index is 1.76. The number of anilines is 1. The van der Waals surface area contributed by atoms with Gasteiger partial charge < -0.3 is 10.2 Å². The van der Waals surface area contributed by atoms with E-state index in [1.165, 1.54) is 11.1 Å². The van der Waals surface area contributed by atoms with Gasteiger partial charge in [-0.2, -0.15) is 0 Å². The number of carbonyl (C=O) groups is 2. The van der Waals surface area contributed by atoms with Gasteiger partial charge in [0.05, 0.1) is 0 Å². The van der Waals surface area contributed by atoms with E-state index in [1.54, 1.807) is 24.1 Å². The predicted octanol–water partition coefficient (Wildman–Crippen LogP) is 3.19. The monoisotopic (exact) mass is 337 g/mol. The normalized spacial score (nSPS) is 14.6. The molecule has 5 nitrogen and oxygen atoms in total. The van der Waals surface area contributed by atoms with Gasteiger partial charge in [0.25, 0.3) is 5.91 Å². The Morgan fingerprint density at radius 3 is 2.48 bits per heavy atom. The van der Waals surface area contributed by atoms with Crippen molar-refractivity contribution in [2.24, 2.45) is 0 Å². The molecule has 0 aliphatic carbocycles. The van der Waals surface area contributed by atoms with E-state index in [1.807, 2.05) is 29.2 Å². The highest BCUT2D eigenvalue weighted by molar-refractivity contribution is 5.96. The minimum Gasteiger partial charge on any atom is -0.355 e. The van der Waals surface area contributed by atoms with Gasteiger partial charge in [-0.05, 0) is 48.7 Å². The highest BCUT2D eigenvalue weighted by atomic mass is 16.2. The molecule has 5 heteroatoms. The van der Waals surface area contributed by atoms with E-state index in [4.69, 9.17) is 0 Å². The van der Waals surface area contributed by atoms with E-state index in [0.717, 1.165) is 18.7 Å². The molecule has 0 saturated carbocycles. The molecule has 0 spiro atoms. The zero-order valence-corrected chi connectivity index (χ0v) is 14.7. The van der Waals surface area contributed by atoms with Crippen LogP contribution in [0.5, 0.6) is 0 Å². The summed E-state index contributed by atoms with van der Waals surface area (Å²) >= 11 is 0. The van der Waals surface area contributed by atoms with Crippen LogP contribution < -0.4 is 10.2 Å². The number of amides is 3. The van der Waals surface area contributed by atoms with E-state index in [-0.39, 0.29) is 11.9 Å². The molecule has 0 bridgehead atoms. The maximum absolute atomic E-state index is 12.9. The standard InChI is InChI=1S/C20H23N3O2/c1-15-6-3-4-7-17(15)14-22-12-5-13-23(20(22)25)18-10-8-16(9-11-18)19(24)21-2/h3-4,6-11H,5,12-14H2,1-2H3,(H,21,24).